The van der Waals surface area contributed by atoms with E-state index in [9.17, 15) is 5.11 Å². The topological polar surface area (TPSA) is 91.6 Å². The summed E-state index contributed by atoms with van der Waals surface area (Å²) in [6, 6.07) is 10.5. The van der Waals surface area contributed by atoms with Gasteiger partial charge in [-0.25, -0.2) is 4.98 Å². The van der Waals surface area contributed by atoms with E-state index in [1.54, 1.807) is 17.7 Å². The van der Waals surface area contributed by atoms with Crippen molar-refractivity contribution < 1.29 is 9.84 Å². The number of aromatic nitrogens is 4. The third-order valence-corrected chi connectivity index (χ3v) is 7.19. The molecule has 0 radical (unpaired) electrons. The number of hydrogen-bond donors (Lipinski definition) is 2. The predicted molar refractivity (Wildman–Crippen MR) is 135 cm³/mol. The molecule has 0 aliphatic carbocycles. The number of fused-ring (bicyclic) bond motifs is 1. The molecular weight excluding hydrogens is 450 g/mol. The Balaban J connectivity index is 1.37. The van der Waals surface area contributed by atoms with E-state index in [1.807, 2.05) is 9.95 Å². The molecule has 1 unspecified atom stereocenters. The van der Waals surface area contributed by atoms with Crippen molar-refractivity contribution in [2.75, 3.05) is 54.6 Å². The molecule has 1 atom stereocenters. The molecule has 2 N–H and O–H groups in total. The van der Waals surface area contributed by atoms with Crippen molar-refractivity contribution >= 4 is 45.6 Å². The van der Waals surface area contributed by atoms with Gasteiger partial charge in [-0.05, 0) is 48.6 Å². The van der Waals surface area contributed by atoms with Crippen LogP contribution >= 0.6 is 11.3 Å². The minimum atomic E-state index is 0.0376. The number of morpholine rings is 1. The molecule has 4 aromatic rings. The zero-order valence-corrected chi connectivity index (χ0v) is 19.6. The molecule has 0 amide bonds. The maximum atomic E-state index is 9.87. The Morgan fingerprint density at radius 3 is 2.68 bits per heavy atom. The van der Waals surface area contributed by atoms with Crippen LogP contribution < -0.4 is 15.1 Å². The largest absolute Gasteiger partial charge is 0.394 e. The number of thiophene rings is 1. The first-order chi connectivity index (χ1) is 16.8. The number of imidazole rings is 1. The zero-order chi connectivity index (χ0) is 22.9. The summed E-state index contributed by atoms with van der Waals surface area (Å²) in [7, 11) is 0. The zero-order valence-electron chi connectivity index (χ0n) is 18.8. The lowest BCUT2D eigenvalue weighted by atomic mass is 10.2. The number of hydrogen-bond acceptors (Lipinski definition) is 9. The summed E-state index contributed by atoms with van der Waals surface area (Å²) >= 11 is 1.64. The summed E-state index contributed by atoms with van der Waals surface area (Å²) in [4.78, 5) is 18.9. The Morgan fingerprint density at radius 2 is 1.91 bits per heavy atom. The van der Waals surface area contributed by atoms with Crippen LogP contribution in [0.15, 0.2) is 47.4 Å². The minimum absolute atomic E-state index is 0.0376. The maximum absolute atomic E-state index is 9.87. The summed E-state index contributed by atoms with van der Waals surface area (Å²) in [5, 5.41) is 17.5. The first-order valence-corrected chi connectivity index (χ1v) is 12.6. The Hall–Kier alpha value is -3.21. The van der Waals surface area contributed by atoms with E-state index >= 15 is 0 Å². The van der Waals surface area contributed by atoms with Gasteiger partial charge in [-0.3, -0.25) is 4.57 Å². The van der Waals surface area contributed by atoms with Gasteiger partial charge in [0.25, 0.3) is 0 Å². The number of nitrogens with one attached hydrogen (secondary N) is 1. The first kappa shape index (κ1) is 21.3. The van der Waals surface area contributed by atoms with Crippen LogP contribution in [0.5, 0.6) is 0 Å². The average Bonchev–Trinajstić information content (AvgIpc) is 3.65. The summed E-state index contributed by atoms with van der Waals surface area (Å²) in [6.07, 6.45) is 3.75. The second-order valence-corrected chi connectivity index (χ2v) is 9.36. The highest BCUT2D eigenvalue weighted by Gasteiger charge is 2.28. The van der Waals surface area contributed by atoms with Crippen LogP contribution in [0.2, 0.25) is 0 Å². The molecular formula is C24H27N7O2S. The van der Waals surface area contributed by atoms with E-state index in [-0.39, 0.29) is 12.6 Å². The maximum Gasteiger partial charge on any atom is 0.229 e. The van der Waals surface area contributed by atoms with Gasteiger partial charge in [0, 0.05) is 36.4 Å². The Kier molecular flexibility index (Phi) is 5.78. The van der Waals surface area contributed by atoms with Crippen LogP contribution in [0.4, 0.5) is 23.1 Å². The van der Waals surface area contributed by atoms with Crippen molar-refractivity contribution in [2.24, 2.45) is 0 Å². The third kappa shape index (κ3) is 3.97. The molecule has 2 aliphatic rings. The smallest absolute Gasteiger partial charge is 0.229 e. The fraction of sp³-hybridized carbons (Fsp3) is 0.375. The highest BCUT2D eigenvalue weighted by molar-refractivity contribution is 7.08. The lowest BCUT2D eigenvalue weighted by molar-refractivity contribution is 0.122. The summed E-state index contributed by atoms with van der Waals surface area (Å²) in [5.74, 6) is 1.28. The minimum Gasteiger partial charge on any atom is -0.394 e. The van der Waals surface area contributed by atoms with E-state index in [4.69, 9.17) is 14.7 Å². The fourth-order valence-electron chi connectivity index (χ4n) is 4.69. The number of rotatable bonds is 6. The molecule has 6 rings (SSSR count). The second-order valence-electron chi connectivity index (χ2n) is 8.58. The van der Waals surface area contributed by atoms with Crippen molar-refractivity contribution in [1.29, 1.82) is 0 Å². The predicted octanol–water partition coefficient (Wildman–Crippen LogP) is 3.42. The molecule has 0 bridgehead atoms. The number of benzene rings is 1. The second kappa shape index (κ2) is 9.21. The quantitative estimate of drug-likeness (QED) is 0.437. The van der Waals surface area contributed by atoms with Gasteiger partial charge in [0.1, 0.15) is 6.33 Å². The molecule has 5 heterocycles. The van der Waals surface area contributed by atoms with Crippen LogP contribution in [-0.4, -0.2) is 70.1 Å². The van der Waals surface area contributed by atoms with E-state index < -0.39 is 0 Å². The summed E-state index contributed by atoms with van der Waals surface area (Å²) in [6.45, 7) is 4.27. The van der Waals surface area contributed by atoms with Crippen LogP contribution in [0.25, 0.3) is 16.9 Å². The van der Waals surface area contributed by atoms with E-state index in [1.165, 1.54) is 5.69 Å². The average molecular weight is 478 g/mol. The van der Waals surface area contributed by atoms with Gasteiger partial charge < -0.3 is 25.0 Å². The molecule has 10 heteroatoms. The fourth-order valence-corrected chi connectivity index (χ4v) is 5.32. The molecule has 34 heavy (non-hydrogen) atoms. The van der Waals surface area contributed by atoms with Crippen LogP contribution in [-0.2, 0) is 4.74 Å². The highest BCUT2D eigenvalue weighted by atomic mass is 32.1. The molecule has 0 spiro atoms. The van der Waals surface area contributed by atoms with Crippen molar-refractivity contribution in [1.82, 2.24) is 19.5 Å². The van der Waals surface area contributed by atoms with E-state index in [0.29, 0.717) is 17.3 Å². The Labute approximate surface area is 201 Å². The lowest BCUT2D eigenvalue weighted by Gasteiger charge is -2.29. The number of anilines is 4. The molecule has 1 aromatic carbocycles. The van der Waals surface area contributed by atoms with Gasteiger partial charge in [0.15, 0.2) is 17.0 Å². The highest BCUT2D eigenvalue weighted by Crippen LogP contribution is 2.31. The summed E-state index contributed by atoms with van der Waals surface area (Å²) < 4.78 is 7.46. The standard InChI is InChI=1S/C24H27N7O2S/c32-14-19-2-1-8-30(19)24-27-22(21-23(28-24)31(16-25-21)20-7-13-34-15-20)26-17-3-5-18(6-4-17)29-9-11-33-12-10-29/h3-7,13,15-16,19,32H,1-2,8-12,14H2,(H,26,27,28). The van der Waals surface area contributed by atoms with Gasteiger partial charge in [0.2, 0.25) is 5.95 Å². The summed E-state index contributed by atoms with van der Waals surface area (Å²) in [5.41, 5.74) is 4.62. The van der Waals surface area contributed by atoms with Crippen LogP contribution in [0, 0.1) is 0 Å². The Bertz CT molecular complexity index is 1250. The van der Waals surface area contributed by atoms with Gasteiger partial charge in [0.05, 0.1) is 31.5 Å². The van der Waals surface area contributed by atoms with Gasteiger partial charge in [-0.2, -0.15) is 21.3 Å². The number of aliphatic hydroxyl groups excluding tert-OH is 1. The number of aliphatic hydroxyl groups is 1. The lowest BCUT2D eigenvalue weighted by Crippen LogP contribution is -2.36. The van der Waals surface area contributed by atoms with Crippen LogP contribution in [0.3, 0.4) is 0 Å². The molecule has 2 aliphatic heterocycles. The monoisotopic (exact) mass is 477 g/mol. The van der Waals surface area contributed by atoms with Crippen molar-refractivity contribution in [3.8, 4) is 5.69 Å². The SMILES string of the molecule is OCC1CCCN1c1nc(Nc2ccc(N3CCOCC3)cc2)c2ncn(-c3ccsc3)c2n1. The van der Waals surface area contributed by atoms with Gasteiger partial charge >= 0.3 is 0 Å². The first-order valence-electron chi connectivity index (χ1n) is 11.6. The number of nitrogens with zero attached hydrogens (tertiary/aromatic N) is 6. The molecule has 3 aromatic heterocycles. The van der Waals surface area contributed by atoms with Gasteiger partial charge in [-0.1, -0.05) is 0 Å². The van der Waals surface area contributed by atoms with Crippen LogP contribution in [0.1, 0.15) is 12.8 Å². The van der Waals surface area contributed by atoms with E-state index in [2.05, 4.69) is 55.8 Å². The Morgan fingerprint density at radius 1 is 1.06 bits per heavy atom. The van der Waals surface area contributed by atoms with Gasteiger partial charge in [-0.15, -0.1) is 0 Å². The third-order valence-electron chi connectivity index (χ3n) is 6.52. The molecule has 9 nitrogen and oxygen atoms in total. The van der Waals surface area contributed by atoms with Crippen molar-refractivity contribution in [2.45, 2.75) is 18.9 Å². The van der Waals surface area contributed by atoms with Crippen molar-refractivity contribution in [3.63, 3.8) is 0 Å². The number of ether oxygens (including phenoxy) is 1. The normalized spacial score (nSPS) is 18.7. The van der Waals surface area contributed by atoms with Crippen molar-refractivity contribution in [3.05, 3.63) is 47.4 Å². The molecule has 2 fully saturated rings. The molecule has 2 saturated heterocycles. The molecule has 176 valence electrons. The molecule has 0 saturated carbocycles. The van der Waals surface area contributed by atoms with E-state index in [0.717, 1.165) is 62.7 Å².